The third kappa shape index (κ3) is 4.14. The van der Waals surface area contributed by atoms with Gasteiger partial charge < -0.3 is 19.8 Å². The Morgan fingerprint density at radius 3 is 2.18 bits per heavy atom. The molecule has 0 unspecified atom stereocenters. The number of thiophene rings is 1. The predicted octanol–water partition coefficient (Wildman–Crippen LogP) is 3.09. The summed E-state index contributed by atoms with van der Waals surface area (Å²) < 4.78 is 9.80. The number of aromatic amines is 1. The normalized spacial score (nSPS) is 10.5. The van der Waals surface area contributed by atoms with Gasteiger partial charge in [-0.3, -0.25) is 9.59 Å². The molecule has 1 amide bonds. The predicted molar refractivity (Wildman–Crippen MR) is 104 cm³/mol. The summed E-state index contributed by atoms with van der Waals surface area (Å²) in [6, 6.07) is 0. The number of rotatable bonds is 6. The number of amides is 1. The minimum absolute atomic E-state index is 0.133. The standard InChI is InChI=1S/C19H22N2O6S/c1-8-12(5)28-17(15(8)18(24)26-6)21-13(23)7-27-19(25)16-9(2)14(11(4)22)10(3)20-16/h20H,7H2,1-6H3,(H,21,23). The third-order valence-electron chi connectivity index (χ3n) is 4.36. The van der Waals surface area contributed by atoms with Gasteiger partial charge in [0, 0.05) is 16.1 Å². The first kappa shape index (κ1) is 21.4. The molecule has 0 aromatic carbocycles. The quantitative estimate of drug-likeness (QED) is 0.563. The second kappa shape index (κ2) is 8.39. The second-order valence-electron chi connectivity index (χ2n) is 6.28. The van der Waals surface area contributed by atoms with Crippen LogP contribution in [0, 0.1) is 27.7 Å². The maximum atomic E-state index is 12.3. The maximum Gasteiger partial charge on any atom is 0.355 e. The second-order valence-corrected chi connectivity index (χ2v) is 7.51. The Balaban J connectivity index is 2.09. The zero-order chi connectivity index (χ0) is 21.2. The fourth-order valence-corrected chi connectivity index (χ4v) is 3.98. The summed E-state index contributed by atoms with van der Waals surface area (Å²) in [6.45, 7) is 7.78. The van der Waals surface area contributed by atoms with E-state index in [1.54, 1.807) is 20.8 Å². The van der Waals surface area contributed by atoms with Crippen molar-refractivity contribution in [2.24, 2.45) is 0 Å². The molecular formula is C19H22N2O6S. The van der Waals surface area contributed by atoms with Gasteiger partial charge in [-0.25, -0.2) is 9.59 Å². The minimum atomic E-state index is -0.741. The first-order valence-electron chi connectivity index (χ1n) is 8.43. The smallest absolute Gasteiger partial charge is 0.355 e. The number of hydrogen-bond donors (Lipinski definition) is 2. The van der Waals surface area contributed by atoms with Gasteiger partial charge in [0.05, 0.1) is 12.7 Å². The first-order valence-corrected chi connectivity index (χ1v) is 9.25. The average molecular weight is 406 g/mol. The number of esters is 2. The summed E-state index contributed by atoms with van der Waals surface area (Å²) in [5, 5.41) is 2.92. The van der Waals surface area contributed by atoms with E-state index in [-0.39, 0.29) is 17.0 Å². The summed E-state index contributed by atoms with van der Waals surface area (Å²) >= 11 is 1.24. The largest absolute Gasteiger partial charge is 0.465 e. The van der Waals surface area contributed by atoms with E-state index in [1.807, 2.05) is 6.92 Å². The number of anilines is 1. The van der Waals surface area contributed by atoms with E-state index in [1.165, 1.54) is 25.4 Å². The van der Waals surface area contributed by atoms with Crippen LogP contribution in [0.4, 0.5) is 5.00 Å². The van der Waals surface area contributed by atoms with Gasteiger partial charge in [-0.1, -0.05) is 0 Å². The van der Waals surface area contributed by atoms with Crippen LogP contribution in [0.3, 0.4) is 0 Å². The molecule has 8 nitrogen and oxygen atoms in total. The molecule has 0 aliphatic rings. The monoisotopic (exact) mass is 406 g/mol. The molecule has 0 bridgehead atoms. The van der Waals surface area contributed by atoms with Crippen molar-refractivity contribution < 1.29 is 28.7 Å². The van der Waals surface area contributed by atoms with E-state index in [0.29, 0.717) is 21.8 Å². The lowest BCUT2D eigenvalue weighted by Crippen LogP contribution is -2.22. The van der Waals surface area contributed by atoms with Crippen LogP contribution in [0.5, 0.6) is 0 Å². The van der Waals surface area contributed by atoms with Gasteiger partial charge >= 0.3 is 11.9 Å². The van der Waals surface area contributed by atoms with Gasteiger partial charge in [-0.15, -0.1) is 11.3 Å². The Morgan fingerprint density at radius 2 is 1.64 bits per heavy atom. The summed E-state index contributed by atoms with van der Waals surface area (Å²) in [5.41, 5.74) is 2.61. The molecule has 2 heterocycles. The molecule has 0 aliphatic carbocycles. The van der Waals surface area contributed by atoms with Gasteiger partial charge in [0.1, 0.15) is 10.7 Å². The Bertz CT molecular complexity index is 970. The molecule has 0 saturated carbocycles. The lowest BCUT2D eigenvalue weighted by atomic mass is 10.1. The number of methoxy groups -OCH3 is 1. The highest BCUT2D eigenvalue weighted by molar-refractivity contribution is 7.16. The third-order valence-corrected chi connectivity index (χ3v) is 5.48. The van der Waals surface area contributed by atoms with Crippen molar-refractivity contribution in [3.8, 4) is 0 Å². The van der Waals surface area contributed by atoms with Crippen molar-refractivity contribution in [3.05, 3.63) is 38.5 Å². The zero-order valence-corrected chi connectivity index (χ0v) is 17.4. The molecule has 0 aliphatic heterocycles. The molecule has 0 atom stereocenters. The molecule has 0 spiro atoms. The fourth-order valence-electron chi connectivity index (χ4n) is 2.91. The number of H-pyrrole nitrogens is 1. The van der Waals surface area contributed by atoms with Crippen LogP contribution in [0.2, 0.25) is 0 Å². The molecule has 0 saturated heterocycles. The molecule has 2 aromatic rings. The number of aromatic nitrogens is 1. The van der Waals surface area contributed by atoms with E-state index in [2.05, 4.69) is 10.3 Å². The van der Waals surface area contributed by atoms with Crippen molar-refractivity contribution in [2.75, 3.05) is 19.0 Å². The van der Waals surface area contributed by atoms with Gasteiger partial charge in [0.2, 0.25) is 0 Å². The SMILES string of the molecule is COC(=O)c1c(NC(=O)COC(=O)c2[nH]c(C)c(C(C)=O)c2C)sc(C)c1C. The van der Waals surface area contributed by atoms with Crippen LogP contribution in [-0.4, -0.2) is 42.3 Å². The van der Waals surface area contributed by atoms with Gasteiger partial charge in [0.25, 0.3) is 5.91 Å². The summed E-state index contributed by atoms with van der Waals surface area (Å²) in [6.07, 6.45) is 0. The molecular weight excluding hydrogens is 384 g/mol. The summed E-state index contributed by atoms with van der Waals surface area (Å²) in [7, 11) is 1.26. The molecule has 9 heteroatoms. The number of aryl methyl sites for hydroxylation is 2. The van der Waals surface area contributed by atoms with E-state index in [4.69, 9.17) is 9.47 Å². The highest BCUT2D eigenvalue weighted by Crippen LogP contribution is 2.32. The molecule has 0 radical (unpaired) electrons. The van der Waals surface area contributed by atoms with Crippen molar-refractivity contribution in [1.29, 1.82) is 0 Å². The highest BCUT2D eigenvalue weighted by atomic mass is 32.1. The average Bonchev–Trinajstić information content (AvgIpc) is 3.07. The van der Waals surface area contributed by atoms with E-state index >= 15 is 0 Å². The minimum Gasteiger partial charge on any atom is -0.465 e. The maximum absolute atomic E-state index is 12.3. The lowest BCUT2D eigenvalue weighted by Gasteiger charge is -2.07. The summed E-state index contributed by atoms with van der Waals surface area (Å²) in [5.74, 6) is -2.05. The zero-order valence-electron chi connectivity index (χ0n) is 16.6. The Kier molecular flexibility index (Phi) is 6.40. The Morgan fingerprint density at radius 1 is 1.00 bits per heavy atom. The summed E-state index contributed by atoms with van der Waals surface area (Å²) in [4.78, 5) is 51.8. The van der Waals surface area contributed by atoms with E-state index in [9.17, 15) is 19.2 Å². The number of carbonyl (C=O) groups is 4. The van der Waals surface area contributed by atoms with Crippen LogP contribution in [-0.2, 0) is 14.3 Å². The van der Waals surface area contributed by atoms with Crippen molar-refractivity contribution in [3.63, 3.8) is 0 Å². The number of hydrogen-bond acceptors (Lipinski definition) is 7. The fraction of sp³-hybridized carbons (Fsp3) is 0.368. The van der Waals surface area contributed by atoms with Crippen molar-refractivity contribution in [2.45, 2.75) is 34.6 Å². The van der Waals surface area contributed by atoms with Crippen LogP contribution in [0.1, 0.15) is 59.8 Å². The lowest BCUT2D eigenvalue weighted by molar-refractivity contribution is -0.119. The number of carbonyl (C=O) groups excluding carboxylic acids is 4. The number of nitrogens with one attached hydrogen (secondary N) is 2. The van der Waals surface area contributed by atoms with Crippen LogP contribution in [0.15, 0.2) is 0 Å². The number of ketones is 1. The van der Waals surface area contributed by atoms with Gasteiger partial charge in [-0.2, -0.15) is 0 Å². The molecule has 28 heavy (non-hydrogen) atoms. The van der Waals surface area contributed by atoms with E-state index < -0.39 is 24.5 Å². The number of Topliss-reactive ketones (excluding diaryl/α,β-unsaturated/α-hetero) is 1. The molecule has 2 aromatic heterocycles. The topological polar surface area (TPSA) is 115 Å². The van der Waals surface area contributed by atoms with Crippen LogP contribution < -0.4 is 5.32 Å². The number of ether oxygens (including phenoxy) is 2. The van der Waals surface area contributed by atoms with Gasteiger partial charge in [-0.05, 0) is 45.7 Å². The van der Waals surface area contributed by atoms with Crippen LogP contribution >= 0.6 is 11.3 Å². The molecule has 0 fully saturated rings. The Hall–Kier alpha value is -2.94. The molecule has 150 valence electrons. The Labute approximate surface area is 166 Å². The van der Waals surface area contributed by atoms with Gasteiger partial charge in [0.15, 0.2) is 12.4 Å². The van der Waals surface area contributed by atoms with Crippen molar-refractivity contribution >= 4 is 40.0 Å². The first-order chi connectivity index (χ1) is 13.1. The van der Waals surface area contributed by atoms with E-state index in [0.717, 1.165) is 10.4 Å². The highest BCUT2D eigenvalue weighted by Gasteiger charge is 2.24. The molecule has 2 rings (SSSR count). The van der Waals surface area contributed by atoms with Crippen molar-refractivity contribution in [1.82, 2.24) is 4.98 Å². The molecule has 2 N–H and O–H groups in total. The van der Waals surface area contributed by atoms with Crippen LogP contribution in [0.25, 0.3) is 0 Å².